The zero-order chi connectivity index (χ0) is 7.66. The maximum absolute atomic E-state index is 3.48. The van der Waals surface area contributed by atoms with Gasteiger partial charge < -0.3 is 5.32 Å². The van der Waals surface area contributed by atoms with E-state index < -0.39 is 0 Å². The van der Waals surface area contributed by atoms with Crippen molar-refractivity contribution in [2.75, 3.05) is 13.1 Å². The summed E-state index contributed by atoms with van der Waals surface area (Å²) in [5, 5.41) is 3.28. The van der Waals surface area contributed by atoms with Crippen LogP contribution >= 0.6 is 0 Å². The zero-order valence-corrected chi connectivity index (χ0v) is 7.03. The summed E-state index contributed by atoms with van der Waals surface area (Å²) in [6.45, 7) is 8.04. The normalized spacial score (nSPS) is 16.9. The van der Waals surface area contributed by atoms with Gasteiger partial charge in [0.05, 0.1) is 0 Å². The smallest absolute Gasteiger partial charge is 0.00489 e. The number of allylic oxidation sites excluding steroid dienone is 1. The van der Waals surface area contributed by atoms with Crippen LogP contribution in [0.2, 0.25) is 0 Å². The first-order valence-corrected chi connectivity index (χ1v) is 4.23. The molecule has 1 saturated heterocycles. The molecule has 0 atom stereocenters. The summed E-state index contributed by atoms with van der Waals surface area (Å²) in [6, 6.07) is 0. The molecular weight excluding hydrogens is 122 g/mol. The fourth-order valence-corrected chi connectivity index (χ4v) is 0.802. The van der Waals surface area contributed by atoms with Crippen LogP contribution in [0.4, 0.5) is 0 Å². The molecule has 0 bridgehead atoms. The molecule has 0 unspecified atom stereocenters. The molecule has 0 saturated carbocycles. The van der Waals surface area contributed by atoms with E-state index in [-0.39, 0.29) is 0 Å². The third-order valence-electron chi connectivity index (χ3n) is 1.50. The first-order valence-electron chi connectivity index (χ1n) is 4.23. The van der Waals surface area contributed by atoms with Crippen molar-refractivity contribution in [1.82, 2.24) is 5.32 Å². The van der Waals surface area contributed by atoms with E-state index in [9.17, 15) is 0 Å². The van der Waals surface area contributed by atoms with Gasteiger partial charge in [-0.05, 0) is 32.4 Å². The molecule has 1 fully saturated rings. The number of rotatable bonds is 1. The van der Waals surface area contributed by atoms with E-state index in [2.05, 4.69) is 18.8 Å². The van der Waals surface area contributed by atoms with Gasteiger partial charge in [0.25, 0.3) is 0 Å². The second kappa shape index (κ2) is 8.70. The van der Waals surface area contributed by atoms with Gasteiger partial charge in [0.2, 0.25) is 0 Å². The molecule has 1 aliphatic rings. The van der Waals surface area contributed by atoms with E-state index in [1.54, 1.807) is 0 Å². The number of nitrogens with one attached hydrogen (secondary N) is 1. The topological polar surface area (TPSA) is 12.0 Å². The average Bonchev–Trinajstić information content (AvgIpc) is 2.08. The highest BCUT2D eigenvalue weighted by Crippen LogP contribution is 1.96. The van der Waals surface area contributed by atoms with Gasteiger partial charge in [-0.25, -0.2) is 0 Å². The Labute approximate surface area is 64.5 Å². The quantitative estimate of drug-likeness (QED) is 0.553. The third kappa shape index (κ3) is 7.70. The Hall–Kier alpha value is -0.300. The maximum Gasteiger partial charge on any atom is -0.00489 e. The first-order chi connectivity index (χ1) is 4.91. The van der Waals surface area contributed by atoms with Crippen LogP contribution in [0.5, 0.6) is 0 Å². The minimum atomic E-state index is 1.08. The van der Waals surface area contributed by atoms with Crippen molar-refractivity contribution in [2.24, 2.45) is 0 Å². The number of hydrogen-bond donors (Lipinski definition) is 1. The molecule has 0 spiro atoms. The molecule has 1 heteroatoms. The van der Waals surface area contributed by atoms with Gasteiger partial charge in [0.15, 0.2) is 0 Å². The summed E-state index contributed by atoms with van der Waals surface area (Å²) >= 11 is 0. The van der Waals surface area contributed by atoms with Crippen LogP contribution in [-0.2, 0) is 0 Å². The summed E-state index contributed by atoms with van der Waals surface area (Å²) in [4.78, 5) is 0. The maximum atomic E-state index is 3.48. The molecule has 0 radical (unpaired) electrons. The second-order valence-electron chi connectivity index (χ2n) is 2.51. The molecule has 0 aliphatic carbocycles. The van der Waals surface area contributed by atoms with Crippen LogP contribution in [-0.4, -0.2) is 13.1 Å². The molecule has 1 N–H and O–H groups in total. The van der Waals surface area contributed by atoms with Gasteiger partial charge in [-0.2, -0.15) is 0 Å². The Balaban J connectivity index is 0.000000180. The first kappa shape index (κ1) is 9.70. The van der Waals surface area contributed by atoms with Crippen molar-refractivity contribution >= 4 is 0 Å². The average molecular weight is 141 g/mol. The summed E-state index contributed by atoms with van der Waals surface area (Å²) in [5.74, 6) is 0. The van der Waals surface area contributed by atoms with Crippen molar-refractivity contribution in [2.45, 2.75) is 32.6 Å². The van der Waals surface area contributed by atoms with Crippen LogP contribution in [0.25, 0.3) is 0 Å². The van der Waals surface area contributed by atoms with Gasteiger partial charge in [-0.3, -0.25) is 0 Å². The molecule has 10 heavy (non-hydrogen) atoms. The molecule has 0 aromatic carbocycles. The Kier molecular flexibility index (Phi) is 8.44. The summed E-state index contributed by atoms with van der Waals surface area (Å²) < 4.78 is 0. The van der Waals surface area contributed by atoms with Crippen LogP contribution in [0.3, 0.4) is 0 Å². The third-order valence-corrected chi connectivity index (χ3v) is 1.50. The highest BCUT2D eigenvalue weighted by atomic mass is 14.9. The van der Waals surface area contributed by atoms with Gasteiger partial charge >= 0.3 is 0 Å². The fourth-order valence-electron chi connectivity index (χ4n) is 0.802. The number of piperidine rings is 1. The fraction of sp³-hybridized carbons (Fsp3) is 0.778. The van der Waals surface area contributed by atoms with Crippen LogP contribution in [0.15, 0.2) is 12.7 Å². The van der Waals surface area contributed by atoms with Crippen LogP contribution in [0.1, 0.15) is 32.6 Å². The van der Waals surface area contributed by atoms with Crippen molar-refractivity contribution in [3.8, 4) is 0 Å². The van der Waals surface area contributed by atoms with Crippen molar-refractivity contribution in [1.29, 1.82) is 0 Å². The molecule has 0 aromatic heterocycles. The van der Waals surface area contributed by atoms with E-state index in [0.717, 1.165) is 6.42 Å². The Morgan fingerprint density at radius 3 is 1.90 bits per heavy atom. The molecule has 0 aromatic rings. The molecule has 1 nitrogen and oxygen atoms in total. The Morgan fingerprint density at radius 1 is 1.30 bits per heavy atom. The molecule has 1 rings (SSSR count). The minimum absolute atomic E-state index is 1.08. The second-order valence-corrected chi connectivity index (χ2v) is 2.51. The lowest BCUT2D eigenvalue weighted by Gasteiger charge is -2.08. The van der Waals surface area contributed by atoms with E-state index in [1.165, 1.54) is 32.4 Å². The van der Waals surface area contributed by atoms with Crippen LogP contribution < -0.4 is 5.32 Å². The van der Waals surface area contributed by atoms with Gasteiger partial charge in [0, 0.05) is 0 Å². The SMILES string of the molecule is C1CCNCC1.C=CCC. The standard InChI is InChI=1S/C5H11N.C4H8/c1-2-4-6-5-3-1;1-3-4-2/h6H,1-5H2;3H,1,4H2,2H3. The van der Waals surface area contributed by atoms with Crippen molar-refractivity contribution < 1.29 is 0 Å². The van der Waals surface area contributed by atoms with E-state index >= 15 is 0 Å². The summed E-state index contributed by atoms with van der Waals surface area (Å²) in [5.41, 5.74) is 0. The largest absolute Gasteiger partial charge is 0.317 e. The van der Waals surface area contributed by atoms with Crippen LogP contribution in [0, 0.1) is 0 Å². The van der Waals surface area contributed by atoms with Crippen molar-refractivity contribution in [3.63, 3.8) is 0 Å². The lowest BCUT2D eigenvalue weighted by atomic mass is 10.2. The predicted octanol–water partition coefficient (Wildman–Crippen LogP) is 2.34. The molecule has 0 amide bonds. The van der Waals surface area contributed by atoms with E-state index in [1.807, 2.05) is 6.08 Å². The summed E-state index contributed by atoms with van der Waals surface area (Å²) in [7, 11) is 0. The van der Waals surface area contributed by atoms with E-state index in [0.29, 0.717) is 0 Å². The minimum Gasteiger partial charge on any atom is -0.317 e. The van der Waals surface area contributed by atoms with Gasteiger partial charge in [0.1, 0.15) is 0 Å². The summed E-state index contributed by atoms with van der Waals surface area (Å²) in [6.07, 6.45) is 7.17. The molecule has 1 aliphatic heterocycles. The Bertz CT molecular complexity index is 53.6. The molecule has 60 valence electrons. The highest BCUT2D eigenvalue weighted by molar-refractivity contribution is 4.60. The highest BCUT2D eigenvalue weighted by Gasteiger charge is 1.93. The lowest BCUT2D eigenvalue weighted by molar-refractivity contribution is 0.520. The van der Waals surface area contributed by atoms with E-state index in [4.69, 9.17) is 0 Å². The lowest BCUT2D eigenvalue weighted by Crippen LogP contribution is -2.21. The Morgan fingerprint density at radius 2 is 1.80 bits per heavy atom. The predicted molar refractivity (Wildman–Crippen MR) is 47.2 cm³/mol. The molecule has 1 heterocycles. The molecular formula is C9H19N. The van der Waals surface area contributed by atoms with Crippen molar-refractivity contribution in [3.05, 3.63) is 12.7 Å². The monoisotopic (exact) mass is 141 g/mol. The van der Waals surface area contributed by atoms with Gasteiger partial charge in [-0.15, -0.1) is 6.58 Å². The zero-order valence-electron chi connectivity index (χ0n) is 7.03. The van der Waals surface area contributed by atoms with Gasteiger partial charge in [-0.1, -0.05) is 19.4 Å². The number of hydrogen-bond acceptors (Lipinski definition) is 1.